The van der Waals surface area contributed by atoms with Gasteiger partial charge in [-0.25, -0.2) is 10.4 Å². The van der Waals surface area contributed by atoms with Crippen LogP contribution in [0.3, 0.4) is 0 Å². The van der Waals surface area contributed by atoms with Crippen molar-refractivity contribution >= 4 is 17.6 Å². The zero-order valence-electron chi connectivity index (χ0n) is 8.80. The van der Waals surface area contributed by atoms with Crippen molar-refractivity contribution in [2.24, 2.45) is 0 Å². The van der Waals surface area contributed by atoms with Crippen LogP contribution in [0.5, 0.6) is 0 Å². The van der Waals surface area contributed by atoms with Gasteiger partial charge in [0.25, 0.3) is 0 Å². The molecule has 0 aliphatic carbocycles. The Hall–Kier alpha value is -1.88. The minimum atomic E-state index is -0.989. The first kappa shape index (κ1) is 10.6. The molecule has 0 bridgehead atoms. The summed E-state index contributed by atoms with van der Waals surface area (Å²) in [5.41, 5.74) is 4.32. The third-order valence-corrected chi connectivity index (χ3v) is 2.52. The fourth-order valence-corrected chi connectivity index (χ4v) is 1.65. The number of hydrazine groups is 1. The highest BCUT2D eigenvalue weighted by Gasteiger charge is 2.29. The fraction of sp³-hybridized carbons (Fsp3) is 0.273. The lowest BCUT2D eigenvalue weighted by atomic mass is 10.2. The first-order valence-electron chi connectivity index (χ1n) is 4.99. The molecular formula is C11H12N2O3. The number of hydrogen-bond donors (Lipinski definition) is 2. The van der Waals surface area contributed by atoms with Crippen molar-refractivity contribution in [3.63, 3.8) is 0 Å². The van der Waals surface area contributed by atoms with Gasteiger partial charge < -0.3 is 5.11 Å². The second-order valence-corrected chi connectivity index (χ2v) is 3.72. The van der Waals surface area contributed by atoms with E-state index in [0.29, 0.717) is 6.42 Å². The molecule has 1 aliphatic heterocycles. The van der Waals surface area contributed by atoms with Crippen molar-refractivity contribution in [3.8, 4) is 0 Å². The maximum absolute atomic E-state index is 11.7. The van der Waals surface area contributed by atoms with Gasteiger partial charge in [-0.15, -0.1) is 0 Å². The standard InChI is InChI=1S/C11H12N2O3/c1-7(11(15)16)12-13-9-5-3-2-4-8(9)6-10(13)14/h2-5,7,12H,6H2,1H3,(H,15,16)/t7-/m0/s1. The van der Waals surface area contributed by atoms with Crippen LogP contribution in [0.15, 0.2) is 24.3 Å². The highest BCUT2D eigenvalue weighted by atomic mass is 16.4. The summed E-state index contributed by atoms with van der Waals surface area (Å²) in [5.74, 6) is -1.12. The van der Waals surface area contributed by atoms with Crippen LogP contribution in [-0.4, -0.2) is 23.0 Å². The molecule has 2 N–H and O–H groups in total. The van der Waals surface area contributed by atoms with E-state index in [-0.39, 0.29) is 5.91 Å². The van der Waals surface area contributed by atoms with E-state index in [2.05, 4.69) is 5.43 Å². The minimum Gasteiger partial charge on any atom is -0.480 e. The number of carboxylic acid groups (broad SMARTS) is 1. The summed E-state index contributed by atoms with van der Waals surface area (Å²) in [5, 5.41) is 10.1. The molecule has 16 heavy (non-hydrogen) atoms. The van der Waals surface area contributed by atoms with Crippen molar-refractivity contribution < 1.29 is 14.7 Å². The second-order valence-electron chi connectivity index (χ2n) is 3.72. The molecule has 1 aliphatic rings. The van der Waals surface area contributed by atoms with Gasteiger partial charge in [0, 0.05) is 0 Å². The molecule has 5 nitrogen and oxygen atoms in total. The average Bonchev–Trinajstić information content (AvgIpc) is 2.55. The number of carbonyl (C=O) groups is 2. The number of nitrogens with zero attached hydrogens (tertiary/aromatic N) is 1. The van der Waals surface area contributed by atoms with Crippen LogP contribution in [0.1, 0.15) is 12.5 Å². The van der Waals surface area contributed by atoms with Gasteiger partial charge in [0.05, 0.1) is 12.1 Å². The normalized spacial score (nSPS) is 16.1. The van der Waals surface area contributed by atoms with Crippen LogP contribution in [0.4, 0.5) is 5.69 Å². The monoisotopic (exact) mass is 220 g/mol. The van der Waals surface area contributed by atoms with Gasteiger partial charge in [-0.05, 0) is 18.6 Å². The molecule has 0 fully saturated rings. The van der Waals surface area contributed by atoms with E-state index in [4.69, 9.17) is 5.11 Å². The molecule has 2 rings (SSSR count). The summed E-state index contributed by atoms with van der Waals surface area (Å²) in [6.45, 7) is 1.50. The molecule has 0 radical (unpaired) electrons. The smallest absolute Gasteiger partial charge is 0.322 e. The molecule has 1 aromatic carbocycles. The number of anilines is 1. The number of carbonyl (C=O) groups excluding carboxylic acids is 1. The van der Waals surface area contributed by atoms with E-state index in [1.54, 1.807) is 6.07 Å². The lowest BCUT2D eigenvalue weighted by Crippen LogP contribution is -2.48. The maximum atomic E-state index is 11.7. The molecule has 1 aromatic rings. The van der Waals surface area contributed by atoms with Crippen LogP contribution in [0.25, 0.3) is 0 Å². The maximum Gasteiger partial charge on any atom is 0.322 e. The van der Waals surface area contributed by atoms with Gasteiger partial charge in [0.2, 0.25) is 5.91 Å². The molecule has 1 heterocycles. The Kier molecular flexibility index (Phi) is 2.62. The third-order valence-electron chi connectivity index (χ3n) is 2.52. The van der Waals surface area contributed by atoms with Gasteiger partial charge in [-0.2, -0.15) is 0 Å². The zero-order valence-corrected chi connectivity index (χ0v) is 8.80. The van der Waals surface area contributed by atoms with Crippen molar-refractivity contribution in [3.05, 3.63) is 29.8 Å². The first-order chi connectivity index (χ1) is 7.59. The molecule has 0 unspecified atom stereocenters. The highest BCUT2D eigenvalue weighted by molar-refractivity contribution is 6.00. The number of rotatable bonds is 3. The molecule has 0 saturated heterocycles. The molecule has 1 amide bonds. The zero-order chi connectivity index (χ0) is 11.7. The second kappa shape index (κ2) is 3.94. The number of fused-ring (bicyclic) bond motifs is 1. The number of para-hydroxylation sites is 1. The van der Waals surface area contributed by atoms with E-state index in [0.717, 1.165) is 11.3 Å². The number of carboxylic acids is 1. The Morgan fingerprint density at radius 3 is 2.88 bits per heavy atom. The van der Waals surface area contributed by atoms with E-state index >= 15 is 0 Å². The van der Waals surface area contributed by atoms with Crippen molar-refractivity contribution in [1.82, 2.24) is 5.43 Å². The fourth-order valence-electron chi connectivity index (χ4n) is 1.65. The Morgan fingerprint density at radius 2 is 2.19 bits per heavy atom. The average molecular weight is 220 g/mol. The topological polar surface area (TPSA) is 69.6 Å². The summed E-state index contributed by atoms with van der Waals surface area (Å²) >= 11 is 0. The van der Waals surface area contributed by atoms with Crippen LogP contribution in [0, 0.1) is 0 Å². The summed E-state index contributed by atoms with van der Waals surface area (Å²) in [7, 11) is 0. The van der Waals surface area contributed by atoms with E-state index < -0.39 is 12.0 Å². The number of benzene rings is 1. The van der Waals surface area contributed by atoms with Crippen LogP contribution in [-0.2, 0) is 16.0 Å². The van der Waals surface area contributed by atoms with Crippen LogP contribution >= 0.6 is 0 Å². The SMILES string of the molecule is C[C@H](NN1C(=O)Cc2ccccc21)C(=O)O. The molecule has 0 saturated carbocycles. The lowest BCUT2D eigenvalue weighted by Gasteiger charge is -2.21. The summed E-state index contributed by atoms with van der Waals surface area (Å²) in [6, 6.07) is 6.53. The van der Waals surface area contributed by atoms with Crippen molar-refractivity contribution in [2.45, 2.75) is 19.4 Å². The van der Waals surface area contributed by atoms with Gasteiger partial charge in [0.15, 0.2) is 0 Å². The lowest BCUT2D eigenvalue weighted by molar-refractivity contribution is -0.139. The van der Waals surface area contributed by atoms with E-state index in [1.807, 2.05) is 18.2 Å². The molecular weight excluding hydrogens is 208 g/mol. The number of nitrogens with one attached hydrogen (secondary N) is 1. The predicted octanol–water partition coefficient (Wildman–Crippen LogP) is 0.553. The minimum absolute atomic E-state index is 0.130. The Morgan fingerprint density at radius 1 is 1.50 bits per heavy atom. The number of hydrogen-bond acceptors (Lipinski definition) is 3. The first-order valence-corrected chi connectivity index (χ1v) is 4.99. The number of aliphatic carboxylic acids is 1. The van der Waals surface area contributed by atoms with Gasteiger partial charge >= 0.3 is 5.97 Å². The molecule has 0 spiro atoms. The Bertz CT molecular complexity index is 445. The number of amides is 1. The van der Waals surface area contributed by atoms with Crippen molar-refractivity contribution in [2.75, 3.05) is 5.01 Å². The largest absolute Gasteiger partial charge is 0.480 e. The summed E-state index contributed by atoms with van der Waals surface area (Å²) in [4.78, 5) is 22.4. The quantitative estimate of drug-likeness (QED) is 0.780. The van der Waals surface area contributed by atoms with Gasteiger partial charge in [0.1, 0.15) is 6.04 Å². The molecule has 5 heteroatoms. The van der Waals surface area contributed by atoms with Gasteiger partial charge in [-0.3, -0.25) is 9.59 Å². The molecule has 84 valence electrons. The molecule has 0 aromatic heterocycles. The highest BCUT2D eigenvalue weighted by Crippen LogP contribution is 2.26. The predicted molar refractivity (Wildman–Crippen MR) is 57.9 cm³/mol. The summed E-state index contributed by atoms with van der Waals surface area (Å²) in [6.07, 6.45) is 0.315. The van der Waals surface area contributed by atoms with Crippen LogP contribution in [0.2, 0.25) is 0 Å². The Labute approximate surface area is 92.6 Å². The van der Waals surface area contributed by atoms with Crippen LogP contribution < -0.4 is 10.4 Å². The summed E-state index contributed by atoms with van der Waals surface area (Å²) < 4.78 is 0. The van der Waals surface area contributed by atoms with E-state index in [1.165, 1.54) is 11.9 Å². The van der Waals surface area contributed by atoms with Crippen molar-refractivity contribution in [1.29, 1.82) is 0 Å². The molecule has 1 atom stereocenters. The van der Waals surface area contributed by atoms with Gasteiger partial charge in [-0.1, -0.05) is 18.2 Å². The third kappa shape index (κ3) is 1.77. The van der Waals surface area contributed by atoms with E-state index in [9.17, 15) is 9.59 Å². The Balaban J connectivity index is 2.22.